The Morgan fingerprint density at radius 3 is 2.47 bits per heavy atom. The van der Waals surface area contributed by atoms with Crippen LogP contribution in [0.5, 0.6) is 0 Å². The number of nitrogens with zero attached hydrogens (tertiary/aromatic N) is 1. The molecule has 3 unspecified atom stereocenters. The minimum absolute atomic E-state index is 0.149. The minimum Gasteiger partial charge on any atom is -0.370 e. The number of primary amides is 1. The van der Waals surface area contributed by atoms with E-state index >= 15 is 0 Å². The molecule has 1 heterocycles. The van der Waals surface area contributed by atoms with Gasteiger partial charge in [0.15, 0.2) is 0 Å². The maximum absolute atomic E-state index is 11.0. The van der Waals surface area contributed by atoms with Crippen molar-refractivity contribution >= 4 is 5.91 Å². The highest BCUT2D eigenvalue weighted by Gasteiger charge is 2.34. The number of carbonyl (C=O) groups is 1. The molecule has 2 aliphatic rings. The molecule has 2 rings (SSSR count). The molecule has 4 heteroatoms. The average Bonchev–Trinajstić information content (AvgIpc) is 2.39. The van der Waals surface area contributed by atoms with Crippen molar-refractivity contribution in [3.63, 3.8) is 0 Å². The molecule has 1 saturated heterocycles. The first kappa shape index (κ1) is 14.8. The normalized spacial score (nSPS) is 34.3. The van der Waals surface area contributed by atoms with Crippen molar-refractivity contribution in [2.75, 3.05) is 19.6 Å². The number of carbonyl (C=O) groups excluding carboxylic acids is 1. The van der Waals surface area contributed by atoms with Gasteiger partial charge < -0.3 is 16.4 Å². The van der Waals surface area contributed by atoms with Crippen LogP contribution in [0.2, 0.25) is 0 Å². The molecule has 110 valence electrons. The molecular formula is C15H29N3O. The molecule has 19 heavy (non-hydrogen) atoms. The summed E-state index contributed by atoms with van der Waals surface area (Å²) in [5.41, 5.74) is 11.2. The molecule has 0 aromatic carbocycles. The van der Waals surface area contributed by atoms with Gasteiger partial charge in [0.05, 0.1) is 0 Å². The average molecular weight is 267 g/mol. The minimum atomic E-state index is -0.149. The molecule has 1 amide bonds. The fourth-order valence-electron chi connectivity index (χ4n) is 3.91. The van der Waals surface area contributed by atoms with Crippen molar-refractivity contribution in [3.8, 4) is 0 Å². The van der Waals surface area contributed by atoms with Gasteiger partial charge in [-0.15, -0.1) is 0 Å². The maximum atomic E-state index is 11.0. The highest BCUT2D eigenvalue weighted by Crippen LogP contribution is 2.34. The largest absolute Gasteiger partial charge is 0.370 e. The molecule has 0 aromatic heterocycles. The van der Waals surface area contributed by atoms with E-state index in [1.165, 1.54) is 19.3 Å². The van der Waals surface area contributed by atoms with Crippen LogP contribution in [0.15, 0.2) is 0 Å². The zero-order valence-electron chi connectivity index (χ0n) is 12.2. The van der Waals surface area contributed by atoms with E-state index < -0.39 is 0 Å². The van der Waals surface area contributed by atoms with Crippen molar-refractivity contribution in [2.45, 2.75) is 51.5 Å². The van der Waals surface area contributed by atoms with Gasteiger partial charge in [-0.3, -0.25) is 4.79 Å². The van der Waals surface area contributed by atoms with E-state index in [2.05, 4.69) is 11.8 Å². The Bertz CT molecular complexity index is 300. The summed E-state index contributed by atoms with van der Waals surface area (Å²) >= 11 is 0. The second-order valence-corrected chi connectivity index (χ2v) is 6.63. The van der Waals surface area contributed by atoms with Gasteiger partial charge in [-0.05, 0) is 63.1 Å². The smallest absolute Gasteiger partial charge is 0.217 e. The predicted octanol–water partition coefficient (Wildman–Crippen LogP) is 1.34. The van der Waals surface area contributed by atoms with Crippen LogP contribution in [0.25, 0.3) is 0 Å². The SMILES string of the molecule is CC1CCC(CN)C(N2CCC(CC(N)=O)CC2)C1. The van der Waals surface area contributed by atoms with Gasteiger partial charge in [-0.25, -0.2) is 0 Å². The molecule has 1 aliphatic heterocycles. The van der Waals surface area contributed by atoms with Crippen molar-refractivity contribution < 1.29 is 4.79 Å². The third kappa shape index (κ3) is 3.93. The van der Waals surface area contributed by atoms with Crippen molar-refractivity contribution in [3.05, 3.63) is 0 Å². The van der Waals surface area contributed by atoms with Crippen LogP contribution in [0, 0.1) is 17.8 Å². The van der Waals surface area contributed by atoms with E-state index in [1.807, 2.05) is 0 Å². The van der Waals surface area contributed by atoms with E-state index in [4.69, 9.17) is 11.5 Å². The zero-order valence-corrected chi connectivity index (χ0v) is 12.2. The lowest BCUT2D eigenvalue weighted by Gasteiger charge is -2.44. The van der Waals surface area contributed by atoms with Gasteiger partial charge in [0.1, 0.15) is 0 Å². The quantitative estimate of drug-likeness (QED) is 0.807. The van der Waals surface area contributed by atoms with Crippen LogP contribution in [-0.4, -0.2) is 36.5 Å². The molecule has 0 aromatic rings. The van der Waals surface area contributed by atoms with Gasteiger partial charge >= 0.3 is 0 Å². The molecule has 0 spiro atoms. The summed E-state index contributed by atoms with van der Waals surface area (Å²) < 4.78 is 0. The highest BCUT2D eigenvalue weighted by atomic mass is 16.1. The van der Waals surface area contributed by atoms with E-state index in [-0.39, 0.29) is 5.91 Å². The number of rotatable bonds is 4. The van der Waals surface area contributed by atoms with Gasteiger partial charge in [0.2, 0.25) is 5.91 Å². The monoisotopic (exact) mass is 267 g/mol. The van der Waals surface area contributed by atoms with E-state index in [0.29, 0.717) is 24.3 Å². The van der Waals surface area contributed by atoms with Crippen LogP contribution >= 0.6 is 0 Å². The van der Waals surface area contributed by atoms with Crippen molar-refractivity contribution in [1.29, 1.82) is 0 Å². The zero-order chi connectivity index (χ0) is 13.8. The Kier molecular flexibility index (Phi) is 5.22. The summed E-state index contributed by atoms with van der Waals surface area (Å²) in [4.78, 5) is 13.6. The Morgan fingerprint density at radius 2 is 1.89 bits per heavy atom. The van der Waals surface area contributed by atoms with E-state index in [9.17, 15) is 4.79 Å². The molecule has 4 nitrogen and oxygen atoms in total. The molecule has 0 radical (unpaired) electrons. The topological polar surface area (TPSA) is 72.3 Å². The molecule has 2 fully saturated rings. The molecule has 1 saturated carbocycles. The van der Waals surface area contributed by atoms with Crippen molar-refractivity contribution in [2.24, 2.45) is 29.2 Å². The Morgan fingerprint density at radius 1 is 1.21 bits per heavy atom. The van der Waals surface area contributed by atoms with E-state index in [1.54, 1.807) is 0 Å². The van der Waals surface area contributed by atoms with Gasteiger partial charge in [-0.1, -0.05) is 13.3 Å². The molecular weight excluding hydrogens is 238 g/mol. The standard InChI is InChI=1S/C15H29N3O/c1-11-2-3-13(10-16)14(8-11)18-6-4-12(5-7-18)9-15(17)19/h11-14H,2-10,16H2,1H3,(H2,17,19). The first-order chi connectivity index (χ1) is 9.10. The number of piperidine rings is 1. The first-order valence-electron chi connectivity index (χ1n) is 7.82. The van der Waals surface area contributed by atoms with Gasteiger partial charge in [-0.2, -0.15) is 0 Å². The lowest BCUT2D eigenvalue weighted by molar-refractivity contribution is -0.119. The van der Waals surface area contributed by atoms with Crippen LogP contribution in [0.4, 0.5) is 0 Å². The number of amides is 1. The summed E-state index contributed by atoms with van der Waals surface area (Å²) in [6.45, 7) is 5.41. The Labute approximate surface area is 116 Å². The maximum Gasteiger partial charge on any atom is 0.217 e. The molecule has 3 atom stereocenters. The molecule has 1 aliphatic carbocycles. The summed E-state index contributed by atoms with van der Waals surface area (Å²) in [6.07, 6.45) is 6.70. The van der Waals surface area contributed by atoms with Crippen LogP contribution in [0.1, 0.15) is 45.4 Å². The lowest BCUT2D eigenvalue weighted by atomic mass is 9.77. The Balaban J connectivity index is 1.86. The van der Waals surface area contributed by atoms with Crippen LogP contribution in [0.3, 0.4) is 0 Å². The summed E-state index contributed by atoms with van der Waals surface area (Å²) in [7, 11) is 0. The number of likely N-dealkylation sites (tertiary alicyclic amines) is 1. The van der Waals surface area contributed by atoms with E-state index in [0.717, 1.165) is 38.4 Å². The van der Waals surface area contributed by atoms with Gasteiger partial charge in [0.25, 0.3) is 0 Å². The third-order valence-electron chi connectivity index (χ3n) is 5.13. The lowest BCUT2D eigenvalue weighted by Crippen LogP contribution is -2.49. The number of hydrogen-bond acceptors (Lipinski definition) is 3. The first-order valence-corrected chi connectivity index (χ1v) is 7.82. The third-order valence-corrected chi connectivity index (χ3v) is 5.13. The molecule has 4 N–H and O–H groups in total. The summed E-state index contributed by atoms with van der Waals surface area (Å²) in [5, 5.41) is 0. The number of hydrogen-bond donors (Lipinski definition) is 2. The number of nitrogens with two attached hydrogens (primary N) is 2. The highest BCUT2D eigenvalue weighted by molar-refractivity contribution is 5.73. The summed E-state index contributed by atoms with van der Waals surface area (Å²) in [6, 6.07) is 0.670. The molecule has 0 bridgehead atoms. The second kappa shape index (κ2) is 6.71. The van der Waals surface area contributed by atoms with Crippen LogP contribution in [-0.2, 0) is 4.79 Å². The second-order valence-electron chi connectivity index (χ2n) is 6.63. The Hall–Kier alpha value is -0.610. The van der Waals surface area contributed by atoms with Gasteiger partial charge in [0, 0.05) is 12.5 Å². The predicted molar refractivity (Wildman–Crippen MR) is 77.5 cm³/mol. The summed E-state index contributed by atoms with van der Waals surface area (Å²) in [5.74, 6) is 1.86. The van der Waals surface area contributed by atoms with Crippen LogP contribution < -0.4 is 11.5 Å². The fraction of sp³-hybridized carbons (Fsp3) is 0.933. The van der Waals surface area contributed by atoms with Crippen molar-refractivity contribution in [1.82, 2.24) is 4.90 Å². The fourth-order valence-corrected chi connectivity index (χ4v) is 3.91.